The molecule has 1 atom stereocenters. The fourth-order valence-electron chi connectivity index (χ4n) is 2.51. The number of nitrogens with one attached hydrogen (secondary N) is 1. The molecular weight excluding hydrogens is 346 g/mol. The second-order valence-corrected chi connectivity index (χ2v) is 6.35. The van der Waals surface area contributed by atoms with Gasteiger partial charge in [-0.15, -0.1) is 0 Å². The second-order valence-electron chi connectivity index (χ2n) is 6.35. The molecule has 0 fully saturated rings. The van der Waals surface area contributed by atoms with Gasteiger partial charge in [-0.3, -0.25) is 4.79 Å². The summed E-state index contributed by atoms with van der Waals surface area (Å²) < 4.78 is 12.2. The highest BCUT2D eigenvalue weighted by atomic mass is 16.5. The van der Waals surface area contributed by atoms with E-state index in [-0.39, 0.29) is 17.6 Å². The van der Waals surface area contributed by atoms with Gasteiger partial charge in [0.1, 0.15) is 5.69 Å². The highest BCUT2D eigenvalue weighted by molar-refractivity contribution is 5.92. The molecule has 2 heterocycles. The maximum Gasteiger partial charge on any atom is 0.357 e. The molecule has 1 unspecified atom stereocenters. The first-order valence-corrected chi connectivity index (χ1v) is 8.66. The quantitative estimate of drug-likeness (QED) is 0.676. The zero-order valence-corrected chi connectivity index (χ0v) is 15.4. The maximum absolute atomic E-state index is 12.7. The van der Waals surface area contributed by atoms with Crippen LogP contribution in [0.2, 0.25) is 0 Å². The number of esters is 1. The molecule has 2 aromatic heterocycles. The van der Waals surface area contributed by atoms with Crippen LogP contribution in [0.15, 0.2) is 59.2 Å². The van der Waals surface area contributed by atoms with Crippen LogP contribution in [0.25, 0.3) is 17.1 Å². The average molecular weight is 367 g/mol. The van der Waals surface area contributed by atoms with E-state index in [0.717, 1.165) is 0 Å². The Morgan fingerprint density at radius 1 is 1.11 bits per heavy atom. The molecule has 3 aromatic rings. The molecule has 0 radical (unpaired) electrons. The maximum atomic E-state index is 12.7. The minimum atomic E-state index is -0.925. The minimum Gasteiger partial charge on any atom is -0.463 e. The van der Waals surface area contributed by atoms with Gasteiger partial charge in [-0.25, -0.2) is 9.48 Å². The van der Waals surface area contributed by atoms with Crippen molar-refractivity contribution >= 4 is 11.9 Å². The zero-order valence-electron chi connectivity index (χ0n) is 15.4. The van der Waals surface area contributed by atoms with Crippen molar-refractivity contribution in [3.05, 3.63) is 60.5 Å². The van der Waals surface area contributed by atoms with Crippen molar-refractivity contribution in [2.24, 2.45) is 0 Å². The Kier molecular flexibility index (Phi) is 5.40. The van der Waals surface area contributed by atoms with Crippen LogP contribution in [0.5, 0.6) is 0 Å². The molecule has 0 spiro atoms. The average Bonchev–Trinajstić information content (AvgIpc) is 3.31. The lowest BCUT2D eigenvalue weighted by atomic mass is 10.2. The van der Waals surface area contributed by atoms with Crippen molar-refractivity contribution in [3.8, 4) is 17.1 Å². The summed E-state index contributed by atoms with van der Waals surface area (Å²) >= 11 is 0. The lowest BCUT2D eigenvalue weighted by Gasteiger charge is -2.15. The monoisotopic (exact) mass is 367 g/mol. The van der Waals surface area contributed by atoms with Gasteiger partial charge in [0.25, 0.3) is 5.91 Å². The summed E-state index contributed by atoms with van der Waals surface area (Å²) in [7, 11) is 0. The molecule has 7 nitrogen and oxygen atoms in total. The number of ether oxygens (including phenoxy) is 1. The first-order valence-electron chi connectivity index (χ1n) is 8.66. The van der Waals surface area contributed by atoms with Crippen molar-refractivity contribution in [2.45, 2.75) is 32.9 Å². The molecule has 0 aliphatic rings. The number of furan rings is 1. The number of hydrogen-bond acceptors (Lipinski definition) is 5. The lowest BCUT2D eigenvalue weighted by molar-refractivity contribution is -0.129. The van der Waals surface area contributed by atoms with Crippen LogP contribution >= 0.6 is 0 Å². The van der Waals surface area contributed by atoms with E-state index in [4.69, 9.17) is 9.15 Å². The molecule has 0 saturated carbocycles. The van der Waals surface area contributed by atoms with E-state index in [1.54, 1.807) is 18.2 Å². The molecule has 0 aliphatic heterocycles. The van der Waals surface area contributed by atoms with Gasteiger partial charge in [0, 0.05) is 12.1 Å². The van der Waals surface area contributed by atoms with Crippen molar-refractivity contribution in [1.29, 1.82) is 0 Å². The van der Waals surface area contributed by atoms with E-state index in [1.165, 1.54) is 17.9 Å². The number of para-hydroxylation sites is 1. The minimum absolute atomic E-state index is 0.0425. The molecule has 0 aliphatic carbocycles. The Morgan fingerprint density at radius 2 is 1.85 bits per heavy atom. The van der Waals surface area contributed by atoms with E-state index in [0.29, 0.717) is 17.1 Å². The molecule has 3 rings (SSSR count). The SMILES string of the molecule is CC(C)NC(=O)C(C)OC(=O)c1cc(-c2ccco2)nn1-c1ccccc1. The Morgan fingerprint density at radius 3 is 2.48 bits per heavy atom. The molecule has 1 amide bonds. The summed E-state index contributed by atoms with van der Waals surface area (Å²) in [5.41, 5.74) is 1.40. The van der Waals surface area contributed by atoms with Gasteiger partial charge in [-0.1, -0.05) is 18.2 Å². The summed E-state index contributed by atoms with van der Waals surface area (Å²) in [6.07, 6.45) is 0.610. The molecule has 7 heteroatoms. The van der Waals surface area contributed by atoms with Gasteiger partial charge in [-0.05, 0) is 45.0 Å². The van der Waals surface area contributed by atoms with Crippen molar-refractivity contribution in [1.82, 2.24) is 15.1 Å². The number of carbonyl (C=O) groups is 2. The van der Waals surface area contributed by atoms with Gasteiger partial charge >= 0.3 is 5.97 Å². The Bertz CT molecular complexity index is 914. The number of aromatic nitrogens is 2. The molecular formula is C20H21N3O4. The Labute approximate surface area is 156 Å². The van der Waals surface area contributed by atoms with Gasteiger partial charge in [0.2, 0.25) is 0 Å². The fourth-order valence-corrected chi connectivity index (χ4v) is 2.51. The summed E-state index contributed by atoms with van der Waals surface area (Å²) in [5.74, 6) is -0.463. The third-order valence-electron chi connectivity index (χ3n) is 3.78. The summed E-state index contributed by atoms with van der Waals surface area (Å²) in [6, 6.07) is 14.2. The standard InChI is InChI=1S/C20H21N3O4/c1-13(2)21-19(24)14(3)27-20(25)17-12-16(18-10-7-11-26-18)22-23(17)15-8-5-4-6-9-15/h4-14H,1-3H3,(H,21,24). The topological polar surface area (TPSA) is 86.4 Å². The van der Waals surface area contributed by atoms with E-state index >= 15 is 0 Å². The number of nitrogens with zero attached hydrogens (tertiary/aromatic N) is 2. The van der Waals surface area contributed by atoms with Gasteiger partial charge < -0.3 is 14.5 Å². The molecule has 1 aromatic carbocycles. The number of carbonyl (C=O) groups excluding carboxylic acids is 2. The van der Waals surface area contributed by atoms with Gasteiger partial charge in [-0.2, -0.15) is 5.10 Å². The largest absolute Gasteiger partial charge is 0.463 e. The smallest absolute Gasteiger partial charge is 0.357 e. The summed E-state index contributed by atoms with van der Waals surface area (Å²) in [4.78, 5) is 24.8. The van der Waals surface area contributed by atoms with Gasteiger partial charge in [0.15, 0.2) is 17.6 Å². The normalized spacial score (nSPS) is 12.0. The van der Waals surface area contributed by atoms with Crippen LogP contribution < -0.4 is 5.32 Å². The van der Waals surface area contributed by atoms with Crippen LogP contribution in [0.4, 0.5) is 0 Å². The summed E-state index contributed by atoms with van der Waals surface area (Å²) in [5, 5.41) is 7.19. The molecule has 1 N–H and O–H groups in total. The zero-order chi connectivity index (χ0) is 19.4. The van der Waals surface area contributed by atoms with Crippen LogP contribution in [-0.4, -0.2) is 33.8 Å². The first kappa shape index (κ1) is 18.4. The molecule has 0 bridgehead atoms. The number of benzene rings is 1. The van der Waals surface area contributed by atoms with E-state index in [2.05, 4.69) is 10.4 Å². The number of rotatable bonds is 6. The van der Waals surface area contributed by atoms with E-state index < -0.39 is 12.1 Å². The van der Waals surface area contributed by atoms with Crippen molar-refractivity contribution < 1.29 is 18.7 Å². The van der Waals surface area contributed by atoms with E-state index in [1.807, 2.05) is 44.2 Å². The van der Waals surface area contributed by atoms with Crippen LogP contribution in [0.3, 0.4) is 0 Å². The number of hydrogen-bond donors (Lipinski definition) is 1. The number of amides is 1. The van der Waals surface area contributed by atoms with Crippen molar-refractivity contribution in [2.75, 3.05) is 0 Å². The molecule has 0 saturated heterocycles. The predicted molar refractivity (Wildman–Crippen MR) is 99.4 cm³/mol. The lowest BCUT2D eigenvalue weighted by Crippen LogP contribution is -2.39. The third-order valence-corrected chi connectivity index (χ3v) is 3.78. The van der Waals surface area contributed by atoms with E-state index in [9.17, 15) is 9.59 Å². The fraction of sp³-hybridized carbons (Fsp3) is 0.250. The second kappa shape index (κ2) is 7.90. The molecule has 140 valence electrons. The summed E-state index contributed by atoms with van der Waals surface area (Å²) in [6.45, 7) is 5.21. The first-order chi connectivity index (χ1) is 13.0. The van der Waals surface area contributed by atoms with Crippen LogP contribution in [0, 0.1) is 0 Å². The Balaban J connectivity index is 1.91. The van der Waals surface area contributed by atoms with Crippen molar-refractivity contribution in [3.63, 3.8) is 0 Å². The highest BCUT2D eigenvalue weighted by Crippen LogP contribution is 2.23. The highest BCUT2D eigenvalue weighted by Gasteiger charge is 2.24. The predicted octanol–water partition coefficient (Wildman–Crippen LogP) is 3.20. The third kappa shape index (κ3) is 4.25. The van der Waals surface area contributed by atoms with Crippen LogP contribution in [-0.2, 0) is 9.53 Å². The Hall–Kier alpha value is -3.35. The van der Waals surface area contributed by atoms with Crippen LogP contribution in [0.1, 0.15) is 31.3 Å². The molecule has 27 heavy (non-hydrogen) atoms. The van der Waals surface area contributed by atoms with Gasteiger partial charge in [0.05, 0.1) is 12.0 Å².